The van der Waals surface area contributed by atoms with E-state index in [-0.39, 0.29) is 18.9 Å². The standard InChI is InChI=1S/C14H17FN2O3S/c15-21(19,20)11-9-14(18)17(10-11)13-6-2-1-5-12(13)16-7-3-4-8-16/h1-2,5-6,11H,3-4,7-10H2. The van der Waals surface area contributed by atoms with Gasteiger partial charge < -0.3 is 9.80 Å². The van der Waals surface area contributed by atoms with Crippen LogP contribution in [0.3, 0.4) is 0 Å². The van der Waals surface area contributed by atoms with Gasteiger partial charge in [0.05, 0.1) is 11.4 Å². The van der Waals surface area contributed by atoms with Crippen LogP contribution >= 0.6 is 0 Å². The first-order valence-electron chi connectivity index (χ1n) is 7.04. The zero-order valence-corrected chi connectivity index (χ0v) is 12.4. The molecule has 0 spiro atoms. The molecule has 0 aromatic heterocycles. The van der Waals surface area contributed by atoms with Crippen molar-refractivity contribution in [3.05, 3.63) is 24.3 Å². The minimum Gasteiger partial charge on any atom is -0.370 e. The van der Waals surface area contributed by atoms with Crippen molar-refractivity contribution >= 4 is 27.5 Å². The Hall–Kier alpha value is -1.63. The molecular formula is C14H17FN2O3S. The van der Waals surface area contributed by atoms with E-state index in [1.807, 2.05) is 12.1 Å². The number of hydrogen-bond acceptors (Lipinski definition) is 4. The largest absolute Gasteiger partial charge is 0.370 e. The molecule has 2 aliphatic heterocycles. The van der Waals surface area contributed by atoms with Crippen LogP contribution in [0.15, 0.2) is 24.3 Å². The predicted molar refractivity (Wildman–Crippen MR) is 78.7 cm³/mol. The van der Waals surface area contributed by atoms with E-state index in [9.17, 15) is 17.1 Å². The molecule has 0 aliphatic carbocycles. The minimum absolute atomic E-state index is 0.109. The van der Waals surface area contributed by atoms with Gasteiger partial charge in [0, 0.05) is 26.1 Å². The lowest BCUT2D eigenvalue weighted by molar-refractivity contribution is -0.117. The Morgan fingerprint density at radius 2 is 1.71 bits per heavy atom. The number of carbonyl (C=O) groups is 1. The second-order valence-electron chi connectivity index (χ2n) is 5.49. The van der Waals surface area contributed by atoms with Gasteiger partial charge >= 0.3 is 10.2 Å². The number of para-hydroxylation sites is 2. The van der Waals surface area contributed by atoms with Crippen molar-refractivity contribution in [3.8, 4) is 0 Å². The fourth-order valence-electron chi connectivity index (χ4n) is 3.01. The van der Waals surface area contributed by atoms with Crippen molar-refractivity contribution in [3.63, 3.8) is 0 Å². The quantitative estimate of drug-likeness (QED) is 0.797. The Morgan fingerprint density at radius 3 is 2.29 bits per heavy atom. The lowest BCUT2D eigenvalue weighted by Crippen LogP contribution is -2.29. The normalized spacial score (nSPS) is 23.1. The van der Waals surface area contributed by atoms with Gasteiger partial charge in [0.1, 0.15) is 5.25 Å². The van der Waals surface area contributed by atoms with Gasteiger partial charge in [-0.3, -0.25) is 4.79 Å². The maximum absolute atomic E-state index is 13.1. The number of anilines is 2. The molecule has 2 aliphatic rings. The van der Waals surface area contributed by atoms with Crippen molar-refractivity contribution in [1.29, 1.82) is 0 Å². The molecule has 0 saturated carbocycles. The number of rotatable bonds is 3. The van der Waals surface area contributed by atoms with E-state index in [4.69, 9.17) is 0 Å². The number of carbonyl (C=O) groups excluding carboxylic acids is 1. The van der Waals surface area contributed by atoms with Crippen molar-refractivity contribution in [1.82, 2.24) is 0 Å². The molecule has 114 valence electrons. The molecular weight excluding hydrogens is 295 g/mol. The maximum atomic E-state index is 13.1. The Bertz CT molecular complexity index is 656. The first kappa shape index (κ1) is 14.3. The predicted octanol–water partition coefficient (Wildman–Crippen LogP) is 1.69. The molecule has 1 aromatic rings. The molecule has 0 N–H and O–H groups in total. The molecule has 21 heavy (non-hydrogen) atoms. The molecule has 1 atom stereocenters. The summed E-state index contributed by atoms with van der Waals surface area (Å²) in [5.41, 5.74) is 1.59. The zero-order valence-electron chi connectivity index (χ0n) is 11.5. The molecule has 7 heteroatoms. The summed E-state index contributed by atoms with van der Waals surface area (Å²) in [7, 11) is -4.68. The highest BCUT2D eigenvalue weighted by Gasteiger charge is 2.40. The molecule has 2 saturated heterocycles. The third-order valence-corrected chi connectivity index (χ3v) is 5.22. The van der Waals surface area contributed by atoms with E-state index < -0.39 is 15.5 Å². The van der Waals surface area contributed by atoms with Gasteiger partial charge in [-0.1, -0.05) is 12.1 Å². The van der Waals surface area contributed by atoms with Crippen molar-refractivity contribution in [2.45, 2.75) is 24.5 Å². The van der Waals surface area contributed by atoms with Gasteiger partial charge in [0.25, 0.3) is 0 Å². The SMILES string of the molecule is O=C1CC(S(=O)(=O)F)CN1c1ccccc1N1CCCC1. The maximum Gasteiger partial charge on any atom is 0.307 e. The highest BCUT2D eigenvalue weighted by atomic mass is 32.3. The number of benzene rings is 1. The van der Waals surface area contributed by atoms with E-state index in [1.54, 1.807) is 12.1 Å². The molecule has 1 aromatic carbocycles. The molecule has 1 unspecified atom stereocenters. The fraction of sp³-hybridized carbons (Fsp3) is 0.500. The van der Waals surface area contributed by atoms with Crippen LogP contribution in [0, 0.1) is 0 Å². The van der Waals surface area contributed by atoms with Crippen LogP contribution in [0.1, 0.15) is 19.3 Å². The molecule has 1 amide bonds. The van der Waals surface area contributed by atoms with Crippen LogP contribution in [0.5, 0.6) is 0 Å². The third-order valence-electron chi connectivity index (χ3n) is 4.11. The summed E-state index contributed by atoms with van der Waals surface area (Å²) in [6, 6.07) is 7.41. The molecule has 0 radical (unpaired) electrons. The Balaban J connectivity index is 1.92. The van der Waals surface area contributed by atoms with Gasteiger partial charge in [0.15, 0.2) is 0 Å². The molecule has 5 nitrogen and oxygen atoms in total. The van der Waals surface area contributed by atoms with E-state index in [0.717, 1.165) is 31.6 Å². The van der Waals surface area contributed by atoms with E-state index >= 15 is 0 Å². The molecule has 3 rings (SSSR count). The number of hydrogen-bond donors (Lipinski definition) is 0. The molecule has 2 heterocycles. The highest BCUT2D eigenvalue weighted by molar-refractivity contribution is 7.87. The van der Waals surface area contributed by atoms with Gasteiger partial charge in [-0.05, 0) is 25.0 Å². The van der Waals surface area contributed by atoms with Crippen LogP contribution < -0.4 is 9.80 Å². The number of halogens is 1. The zero-order chi connectivity index (χ0) is 15.0. The minimum atomic E-state index is -4.68. The summed E-state index contributed by atoms with van der Waals surface area (Å²) in [4.78, 5) is 15.7. The lowest BCUT2D eigenvalue weighted by Gasteiger charge is -2.26. The first-order valence-corrected chi connectivity index (χ1v) is 8.49. The Morgan fingerprint density at radius 1 is 1.10 bits per heavy atom. The summed E-state index contributed by atoms with van der Waals surface area (Å²) in [5.74, 6) is -0.340. The summed E-state index contributed by atoms with van der Waals surface area (Å²) in [6.45, 7) is 1.73. The van der Waals surface area contributed by atoms with Crippen LogP contribution in [-0.2, 0) is 15.0 Å². The average molecular weight is 312 g/mol. The van der Waals surface area contributed by atoms with Crippen LogP contribution in [0.2, 0.25) is 0 Å². The van der Waals surface area contributed by atoms with Crippen LogP contribution in [-0.4, -0.2) is 39.2 Å². The van der Waals surface area contributed by atoms with Crippen LogP contribution in [0.4, 0.5) is 15.3 Å². The monoisotopic (exact) mass is 312 g/mol. The second kappa shape index (κ2) is 5.29. The molecule has 2 fully saturated rings. The lowest BCUT2D eigenvalue weighted by atomic mass is 10.2. The average Bonchev–Trinajstić information content (AvgIpc) is 3.07. The van der Waals surface area contributed by atoms with Gasteiger partial charge in [-0.15, -0.1) is 3.89 Å². The fourth-order valence-corrected chi connectivity index (χ4v) is 3.68. The number of amides is 1. The van der Waals surface area contributed by atoms with E-state index in [0.29, 0.717) is 5.69 Å². The van der Waals surface area contributed by atoms with Crippen molar-refractivity contribution < 1.29 is 17.1 Å². The van der Waals surface area contributed by atoms with Gasteiger partial charge in [0.2, 0.25) is 5.91 Å². The Kier molecular flexibility index (Phi) is 3.61. The first-order chi connectivity index (χ1) is 9.97. The van der Waals surface area contributed by atoms with Gasteiger partial charge in [-0.2, -0.15) is 8.42 Å². The summed E-state index contributed by atoms with van der Waals surface area (Å²) >= 11 is 0. The Labute approximate surface area is 123 Å². The van der Waals surface area contributed by atoms with Gasteiger partial charge in [-0.25, -0.2) is 0 Å². The van der Waals surface area contributed by atoms with E-state index in [1.165, 1.54) is 4.90 Å². The van der Waals surface area contributed by atoms with E-state index in [2.05, 4.69) is 4.90 Å². The third kappa shape index (κ3) is 2.74. The summed E-state index contributed by atoms with van der Waals surface area (Å²) in [6.07, 6.45) is 1.92. The topological polar surface area (TPSA) is 57.7 Å². The summed E-state index contributed by atoms with van der Waals surface area (Å²) < 4.78 is 35.2. The summed E-state index contributed by atoms with van der Waals surface area (Å²) in [5, 5.41) is -1.25. The van der Waals surface area contributed by atoms with Crippen LogP contribution in [0.25, 0.3) is 0 Å². The smallest absolute Gasteiger partial charge is 0.307 e. The second-order valence-corrected chi connectivity index (χ2v) is 7.11. The van der Waals surface area contributed by atoms with Crippen molar-refractivity contribution in [2.24, 2.45) is 0 Å². The number of nitrogens with zero attached hydrogens (tertiary/aromatic N) is 2. The highest BCUT2D eigenvalue weighted by Crippen LogP contribution is 2.35. The molecule has 0 bridgehead atoms. The van der Waals surface area contributed by atoms with Crippen molar-refractivity contribution in [2.75, 3.05) is 29.4 Å².